The lowest BCUT2D eigenvalue weighted by atomic mass is 9.98. The van der Waals surface area contributed by atoms with E-state index in [1.165, 1.54) is 0 Å². The molecule has 0 spiro atoms. The van der Waals surface area contributed by atoms with Gasteiger partial charge in [0.15, 0.2) is 11.5 Å². The first-order valence-electron chi connectivity index (χ1n) is 8.55. The number of benzene rings is 2. The van der Waals surface area contributed by atoms with E-state index in [0.29, 0.717) is 24.3 Å². The van der Waals surface area contributed by atoms with Gasteiger partial charge in [0, 0.05) is 27.4 Å². The van der Waals surface area contributed by atoms with Gasteiger partial charge < -0.3 is 9.47 Å². The first-order valence-corrected chi connectivity index (χ1v) is 10.1. The molecule has 1 atom stereocenters. The van der Waals surface area contributed by atoms with Crippen molar-refractivity contribution in [3.8, 4) is 11.5 Å². The topological polar surface area (TPSA) is 51.1 Å². The first-order chi connectivity index (χ1) is 13.0. The Labute approximate surface area is 175 Å². The van der Waals surface area contributed by atoms with Gasteiger partial charge in [-0.25, -0.2) is 5.01 Å². The van der Waals surface area contributed by atoms with E-state index in [4.69, 9.17) is 9.47 Å². The van der Waals surface area contributed by atoms with Crippen molar-refractivity contribution in [3.05, 3.63) is 56.5 Å². The van der Waals surface area contributed by atoms with Crippen molar-refractivity contribution in [1.29, 1.82) is 0 Å². The minimum atomic E-state index is -0.178. The minimum absolute atomic E-state index is 0.0157. The Morgan fingerprint density at radius 3 is 2.52 bits per heavy atom. The van der Waals surface area contributed by atoms with Crippen molar-refractivity contribution in [2.45, 2.75) is 25.8 Å². The predicted octanol–water partition coefficient (Wildman–Crippen LogP) is 5.32. The molecule has 3 rings (SSSR count). The van der Waals surface area contributed by atoms with Crippen LogP contribution >= 0.6 is 31.9 Å². The second-order valence-electron chi connectivity index (χ2n) is 6.10. The maximum absolute atomic E-state index is 12.5. The van der Waals surface area contributed by atoms with Crippen LogP contribution in [0.1, 0.15) is 36.9 Å². The zero-order valence-electron chi connectivity index (χ0n) is 15.3. The van der Waals surface area contributed by atoms with E-state index in [1.807, 2.05) is 43.3 Å². The lowest BCUT2D eigenvalue weighted by molar-refractivity contribution is -0.132. The molecule has 1 heterocycles. The summed E-state index contributed by atoms with van der Waals surface area (Å²) >= 11 is 7.07. The maximum atomic E-state index is 12.5. The van der Waals surface area contributed by atoms with Crippen LogP contribution in [-0.4, -0.2) is 30.8 Å². The Balaban J connectivity index is 2.00. The molecule has 142 valence electrons. The molecule has 5 nitrogen and oxygen atoms in total. The normalized spacial score (nSPS) is 16.3. The number of nitrogens with zero attached hydrogens (tertiary/aromatic N) is 2. The maximum Gasteiger partial charge on any atom is 0.242 e. The molecular formula is C20H20Br2N2O3. The van der Waals surface area contributed by atoms with Crippen molar-refractivity contribution in [3.63, 3.8) is 0 Å². The van der Waals surface area contributed by atoms with E-state index >= 15 is 0 Å². The summed E-state index contributed by atoms with van der Waals surface area (Å²) in [6.45, 7) is 1.84. The van der Waals surface area contributed by atoms with Crippen LogP contribution < -0.4 is 9.47 Å². The van der Waals surface area contributed by atoms with E-state index in [2.05, 4.69) is 37.0 Å². The number of methoxy groups -OCH3 is 2. The number of carbonyl (C=O) groups is 1. The van der Waals surface area contributed by atoms with Gasteiger partial charge in [-0.05, 0) is 29.8 Å². The average molecular weight is 496 g/mol. The van der Waals surface area contributed by atoms with Gasteiger partial charge in [0.05, 0.1) is 26.0 Å². The molecule has 1 aliphatic rings. The van der Waals surface area contributed by atoms with Crippen LogP contribution in [0.2, 0.25) is 0 Å². The second-order valence-corrected chi connectivity index (χ2v) is 7.87. The molecular weight excluding hydrogens is 476 g/mol. The Morgan fingerprint density at radius 2 is 1.89 bits per heavy atom. The zero-order valence-corrected chi connectivity index (χ0v) is 18.5. The number of amides is 1. The van der Waals surface area contributed by atoms with Gasteiger partial charge in [-0.1, -0.05) is 50.9 Å². The van der Waals surface area contributed by atoms with E-state index < -0.39 is 0 Å². The van der Waals surface area contributed by atoms with Crippen molar-refractivity contribution in [2.24, 2.45) is 5.10 Å². The molecule has 27 heavy (non-hydrogen) atoms. The molecule has 0 saturated heterocycles. The number of hydrazone groups is 1. The van der Waals surface area contributed by atoms with Crippen LogP contribution in [0.3, 0.4) is 0 Å². The smallest absolute Gasteiger partial charge is 0.242 e. The molecule has 1 amide bonds. The minimum Gasteiger partial charge on any atom is -0.493 e. The summed E-state index contributed by atoms with van der Waals surface area (Å²) in [5, 5.41) is 6.25. The molecule has 0 aliphatic carbocycles. The molecule has 0 fully saturated rings. The molecule has 0 radical (unpaired) electrons. The van der Waals surface area contributed by atoms with Crippen molar-refractivity contribution in [2.75, 3.05) is 14.2 Å². The summed E-state index contributed by atoms with van der Waals surface area (Å²) < 4.78 is 12.7. The Hall–Kier alpha value is -1.86. The number of halogens is 2. The summed E-state index contributed by atoms with van der Waals surface area (Å²) in [5.74, 6) is 1.28. The van der Waals surface area contributed by atoms with E-state index in [9.17, 15) is 4.79 Å². The highest BCUT2D eigenvalue weighted by Gasteiger charge is 2.33. The van der Waals surface area contributed by atoms with Gasteiger partial charge in [-0.2, -0.15) is 5.10 Å². The van der Waals surface area contributed by atoms with Gasteiger partial charge in [0.2, 0.25) is 5.91 Å². The van der Waals surface area contributed by atoms with Gasteiger partial charge in [-0.3, -0.25) is 4.79 Å². The van der Waals surface area contributed by atoms with Crippen LogP contribution in [0.15, 0.2) is 50.4 Å². The van der Waals surface area contributed by atoms with Crippen LogP contribution in [0.4, 0.5) is 0 Å². The van der Waals surface area contributed by atoms with Crippen LogP contribution in [0.5, 0.6) is 11.5 Å². The summed E-state index contributed by atoms with van der Waals surface area (Å²) in [5.41, 5.74) is 2.81. The quantitative estimate of drug-likeness (QED) is 0.564. The SMILES string of the molecule is CCC(=O)N1N=C(c2ccc(Br)cc2Br)C[C@@H]1c1ccc(OC)c(OC)c1. The van der Waals surface area contributed by atoms with Crippen LogP contribution in [-0.2, 0) is 4.79 Å². The van der Waals surface area contributed by atoms with Gasteiger partial charge >= 0.3 is 0 Å². The molecule has 2 aromatic carbocycles. The fraction of sp³-hybridized carbons (Fsp3) is 0.300. The molecule has 0 unspecified atom stereocenters. The number of ether oxygens (including phenoxy) is 2. The second kappa shape index (κ2) is 8.44. The monoisotopic (exact) mass is 494 g/mol. The average Bonchev–Trinajstić information content (AvgIpc) is 3.11. The largest absolute Gasteiger partial charge is 0.493 e. The molecule has 0 bridgehead atoms. The fourth-order valence-corrected chi connectivity index (χ4v) is 4.38. The van der Waals surface area contributed by atoms with Gasteiger partial charge in [0.25, 0.3) is 0 Å². The summed E-state index contributed by atoms with van der Waals surface area (Å²) in [4.78, 5) is 12.5. The highest BCUT2D eigenvalue weighted by Crippen LogP contribution is 2.38. The highest BCUT2D eigenvalue weighted by molar-refractivity contribution is 9.11. The summed E-state index contributed by atoms with van der Waals surface area (Å²) in [6, 6.07) is 11.5. The summed E-state index contributed by atoms with van der Waals surface area (Å²) in [7, 11) is 3.21. The third-order valence-electron chi connectivity index (χ3n) is 4.50. The number of hydrogen-bond donors (Lipinski definition) is 0. The fourth-order valence-electron chi connectivity index (χ4n) is 3.11. The summed E-state index contributed by atoms with van der Waals surface area (Å²) in [6.07, 6.45) is 1.02. The van der Waals surface area contributed by atoms with E-state index in [-0.39, 0.29) is 11.9 Å². The molecule has 0 aromatic heterocycles. The zero-order chi connectivity index (χ0) is 19.6. The molecule has 2 aromatic rings. The molecule has 1 aliphatic heterocycles. The first kappa shape index (κ1) is 19.9. The third-order valence-corrected chi connectivity index (χ3v) is 5.65. The number of rotatable bonds is 5. The Morgan fingerprint density at radius 1 is 1.15 bits per heavy atom. The number of carbonyl (C=O) groups excluding carboxylic acids is 1. The van der Waals surface area contributed by atoms with Gasteiger partial charge in [0.1, 0.15) is 0 Å². The van der Waals surface area contributed by atoms with Crippen molar-refractivity contribution >= 4 is 43.5 Å². The van der Waals surface area contributed by atoms with Crippen LogP contribution in [0, 0.1) is 0 Å². The standard InChI is InChI=1S/C20H20Br2N2O3/c1-4-20(25)24-17(12-5-8-18(26-2)19(9-12)27-3)11-16(23-24)14-7-6-13(21)10-15(14)22/h5-10,17H,4,11H2,1-3H3/t17-/m1/s1. The van der Waals surface area contributed by atoms with Crippen molar-refractivity contribution < 1.29 is 14.3 Å². The predicted molar refractivity (Wildman–Crippen MR) is 112 cm³/mol. The molecule has 7 heteroatoms. The van der Waals surface area contributed by atoms with Crippen LogP contribution in [0.25, 0.3) is 0 Å². The van der Waals surface area contributed by atoms with E-state index in [1.54, 1.807) is 19.2 Å². The Bertz CT molecular complexity index is 899. The Kier molecular flexibility index (Phi) is 6.22. The molecule has 0 saturated carbocycles. The molecule has 0 N–H and O–H groups in total. The van der Waals surface area contributed by atoms with Crippen molar-refractivity contribution in [1.82, 2.24) is 5.01 Å². The lowest BCUT2D eigenvalue weighted by Gasteiger charge is -2.22. The number of hydrogen-bond acceptors (Lipinski definition) is 4. The van der Waals surface area contributed by atoms with E-state index in [0.717, 1.165) is 25.8 Å². The lowest BCUT2D eigenvalue weighted by Crippen LogP contribution is -2.26. The highest BCUT2D eigenvalue weighted by atomic mass is 79.9. The van der Waals surface area contributed by atoms with Gasteiger partial charge in [-0.15, -0.1) is 0 Å². The third kappa shape index (κ3) is 4.04.